The maximum Gasteiger partial charge on any atom is 0.573 e. The number of alkyl halides is 3. The van der Waals surface area contributed by atoms with Gasteiger partial charge in [-0.3, -0.25) is 0 Å². The van der Waals surface area contributed by atoms with Gasteiger partial charge in [-0.05, 0) is 48.9 Å². The second-order valence-corrected chi connectivity index (χ2v) is 13.4. The SMILES string of the molecule is C[C@H](NS(C)(=O)=O)c1ccc(S(=O)(=O)c2ccc(OC(F)(F)F)cc2S(=O)(=O)c2ccccc2F)cc1. The molecule has 0 aliphatic heterocycles. The quantitative estimate of drug-likeness (QED) is 0.399. The Morgan fingerprint density at radius 2 is 1.38 bits per heavy atom. The van der Waals surface area contributed by atoms with Gasteiger partial charge in [0.2, 0.25) is 29.7 Å². The molecule has 37 heavy (non-hydrogen) atoms. The molecular weight excluding hydrogens is 562 g/mol. The summed E-state index contributed by atoms with van der Waals surface area (Å²) in [6.45, 7) is 1.50. The number of nitrogens with one attached hydrogen (secondary N) is 1. The Bertz CT molecular complexity index is 1640. The van der Waals surface area contributed by atoms with E-state index in [2.05, 4.69) is 9.46 Å². The van der Waals surface area contributed by atoms with Crippen LogP contribution < -0.4 is 9.46 Å². The van der Waals surface area contributed by atoms with Crippen LogP contribution in [0.5, 0.6) is 5.75 Å². The molecule has 3 aromatic rings. The molecular formula is C22H19F4NO7S3. The lowest BCUT2D eigenvalue weighted by Crippen LogP contribution is -2.25. The van der Waals surface area contributed by atoms with Crippen LogP contribution in [0.25, 0.3) is 0 Å². The molecule has 0 radical (unpaired) electrons. The monoisotopic (exact) mass is 581 g/mol. The molecule has 1 atom stereocenters. The molecule has 0 amide bonds. The van der Waals surface area contributed by atoms with E-state index >= 15 is 0 Å². The van der Waals surface area contributed by atoms with Crippen molar-refractivity contribution in [3.05, 3.63) is 78.1 Å². The number of sulfonamides is 1. The van der Waals surface area contributed by atoms with Crippen molar-refractivity contribution in [2.24, 2.45) is 0 Å². The number of hydrogen-bond donors (Lipinski definition) is 1. The molecule has 0 fully saturated rings. The van der Waals surface area contributed by atoms with E-state index in [0.29, 0.717) is 23.8 Å². The molecule has 8 nitrogen and oxygen atoms in total. The van der Waals surface area contributed by atoms with Gasteiger partial charge < -0.3 is 4.74 Å². The predicted octanol–water partition coefficient (Wildman–Crippen LogP) is 4.00. The molecule has 0 bridgehead atoms. The third-order valence-corrected chi connectivity index (χ3v) is 9.50. The van der Waals surface area contributed by atoms with Gasteiger partial charge in [-0.15, -0.1) is 13.2 Å². The van der Waals surface area contributed by atoms with Gasteiger partial charge in [0.25, 0.3) is 0 Å². The van der Waals surface area contributed by atoms with Crippen molar-refractivity contribution >= 4 is 29.7 Å². The van der Waals surface area contributed by atoms with E-state index < -0.39 is 73.3 Å². The first-order chi connectivity index (χ1) is 16.9. The topological polar surface area (TPSA) is 124 Å². The van der Waals surface area contributed by atoms with Gasteiger partial charge in [-0.1, -0.05) is 24.3 Å². The van der Waals surface area contributed by atoms with Crippen molar-refractivity contribution < 1.29 is 47.6 Å². The van der Waals surface area contributed by atoms with Crippen LogP contribution in [0.4, 0.5) is 17.6 Å². The first-order valence-electron chi connectivity index (χ1n) is 10.1. The lowest BCUT2D eigenvalue weighted by Gasteiger charge is -2.16. The van der Waals surface area contributed by atoms with E-state index in [1.807, 2.05) is 0 Å². The summed E-state index contributed by atoms with van der Waals surface area (Å²) in [6, 6.07) is 9.53. The zero-order valence-electron chi connectivity index (χ0n) is 19.0. The standard InChI is InChI=1S/C22H19F4NO7S3/c1-14(27-35(2,28)29)15-7-10-17(11-8-15)36(30,31)20-12-9-16(34-22(24,25)26)13-21(20)37(32,33)19-6-4-3-5-18(19)23/h3-14,27H,1-2H3/t14-/m0/s1. The van der Waals surface area contributed by atoms with Crippen LogP contribution in [0.3, 0.4) is 0 Å². The van der Waals surface area contributed by atoms with Crippen molar-refractivity contribution in [2.75, 3.05) is 6.26 Å². The molecule has 0 aliphatic carbocycles. The van der Waals surface area contributed by atoms with Crippen molar-refractivity contribution in [1.82, 2.24) is 4.72 Å². The minimum Gasteiger partial charge on any atom is -0.406 e. The Balaban J connectivity index is 2.17. The largest absolute Gasteiger partial charge is 0.573 e. The Morgan fingerprint density at radius 3 is 1.92 bits per heavy atom. The van der Waals surface area contributed by atoms with Gasteiger partial charge in [0.1, 0.15) is 16.5 Å². The summed E-state index contributed by atoms with van der Waals surface area (Å²) in [5.41, 5.74) is 0.373. The van der Waals surface area contributed by atoms with Crippen LogP contribution in [0, 0.1) is 5.82 Å². The molecule has 0 aliphatic rings. The number of rotatable bonds is 8. The van der Waals surface area contributed by atoms with Crippen LogP contribution in [0.15, 0.2) is 86.3 Å². The molecule has 0 saturated heterocycles. The highest BCUT2D eigenvalue weighted by molar-refractivity contribution is 7.94. The summed E-state index contributed by atoms with van der Waals surface area (Å²) in [5, 5.41) is 0. The zero-order chi connectivity index (χ0) is 27.8. The Labute approximate surface area is 210 Å². The zero-order valence-corrected chi connectivity index (χ0v) is 21.5. The molecule has 3 aromatic carbocycles. The Morgan fingerprint density at radius 1 is 0.784 bits per heavy atom. The van der Waals surface area contributed by atoms with E-state index in [4.69, 9.17) is 0 Å². The maximum absolute atomic E-state index is 14.3. The average molecular weight is 582 g/mol. The Kier molecular flexibility index (Phi) is 7.75. The summed E-state index contributed by atoms with van der Waals surface area (Å²) < 4.78 is 135. The van der Waals surface area contributed by atoms with Crippen molar-refractivity contribution in [3.63, 3.8) is 0 Å². The Hall–Kier alpha value is -3.01. The van der Waals surface area contributed by atoms with Gasteiger partial charge in [0.15, 0.2) is 0 Å². The molecule has 0 unspecified atom stereocenters. The van der Waals surface area contributed by atoms with Gasteiger partial charge >= 0.3 is 6.36 Å². The van der Waals surface area contributed by atoms with E-state index in [1.54, 1.807) is 0 Å². The fraction of sp³-hybridized carbons (Fsp3) is 0.182. The van der Waals surface area contributed by atoms with E-state index in [0.717, 1.165) is 36.6 Å². The first kappa shape index (κ1) is 28.6. The molecule has 0 spiro atoms. The highest BCUT2D eigenvalue weighted by Gasteiger charge is 2.35. The van der Waals surface area contributed by atoms with Gasteiger partial charge in [0.05, 0.1) is 20.9 Å². The molecule has 15 heteroatoms. The second-order valence-electron chi connectivity index (χ2n) is 7.77. The van der Waals surface area contributed by atoms with Gasteiger partial charge in [-0.25, -0.2) is 34.4 Å². The molecule has 3 rings (SSSR count). The lowest BCUT2D eigenvalue weighted by molar-refractivity contribution is -0.274. The summed E-state index contributed by atoms with van der Waals surface area (Å²) in [4.78, 5) is -3.44. The number of halogens is 4. The molecule has 200 valence electrons. The van der Waals surface area contributed by atoms with Crippen molar-refractivity contribution in [3.8, 4) is 5.75 Å². The molecule has 1 N–H and O–H groups in total. The van der Waals surface area contributed by atoms with Crippen LogP contribution in [0.1, 0.15) is 18.5 Å². The lowest BCUT2D eigenvalue weighted by atomic mass is 10.1. The number of benzene rings is 3. The number of hydrogen-bond acceptors (Lipinski definition) is 7. The highest BCUT2D eigenvalue weighted by Crippen LogP contribution is 2.36. The summed E-state index contributed by atoms with van der Waals surface area (Å²) >= 11 is 0. The number of sulfone groups is 2. The predicted molar refractivity (Wildman–Crippen MR) is 123 cm³/mol. The summed E-state index contributed by atoms with van der Waals surface area (Å²) in [6.07, 6.45) is -4.28. The summed E-state index contributed by atoms with van der Waals surface area (Å²) in [5.74, 6) is -2.28. The molecule has 0 heterocycles. The van der Waals surface area contributed by atoms with Gasteiger partial charge in [0, 0.05) is 12.1 Å². The average Bonchev–Trinajstić information content (AvgIpc) is 2.77. The summed E-state index contributed by atoms with van der Waals surface area (Å²) in [7, 11) is -13.3. The fourth-order valence-electron chi connectivity index (χ4n) is 3.35. The van der Waals surface area contributed by atoms with E-state index in [-0.39, 0.29) is 0 Å². The minimum atomic E-state index is -5.22. The van der Waals surface area contributed by atoms with Crippen LogP contribution >= 0.6 is 0 Å². The minimum absolute atomic E-state index is 0.356. The van der Waals surface area contributed by atoms with Crippen molar-refractivity contribution in [2.45, 2.75) is 38.9 Å². The maximum atomic E-state index is 14.3. The highest BCUT2D eigenvalue weighted by atomic mass is 32.2. The molecule has 0 aromatic heterocycles. The molecule has 0 saturated carbocycles. The normalized spacial score (nSPS) is 13.8. The van der Waals surface area contributed by atoms with Gasteiger partial charge in [-0.2, -0.15) is 0 Å². The van der Waals surface area contributed by atoms with Crippen LogP contribution in [-0.4, -0.2) is 37.9 Å². The second kappa shape index (κ2) is 10.0. The third kappa shape index (κ3) is 6.66. The fourth-order valence-corrected chi connectivity index (χ4v) is 7.53. The van der Waals surface area contributed by atoms with E-state index in [1.165, 1.54) is 25.1 Å². The van der Waals surface area contributed by atoms with Crippen LogP contribution in [-0.2, 0) is 29.7 Å². The first-order valence-corrected chi connectivity index (χ1v) is 15.0. The van der Waals surface area contributed by atoms with E-state index in [9.17, 15) is 42.8 Å². The van der Waals surface area contributed by atoms with Crippen molar-refractivity contribution in [1.29, 1.82) is 0 Å². The number of ether oxygens (including phenoxy) is 1. The smallest absolute Gasteiger partial charge is 0.406 e. The van der Waals surface area contributed by atoms with Crippen LogP contribution in [0.2, 0.25) is 0 Å². The third-order valence-electron chi connectivity index (χ3n) is 4.94.